The van der Waals surface area contributed by atoms with Crippen LogP contribution >= 0.6 is 0 Å². The van der Waals surface area contributed by atoms with Crippen molar-refractivity contribution in [2.45, 2.75) is 77.9 Å². The number of carbonyl (C=O) groups excluding carboxylic acids is 2. The van der Waals surface area contributed by atoms with E-state index in [9.17, 15) is 9.59 Å². The number of benzene rings is 2. The first-order valence-corrected chi connectivity index (χ1v) is 13.6. The Kier molecular flexibility index (Phi) is 7.33. The standard InChI is InChI=1S/C32H37NO5/c1-20-28(31(35)38-23-12-8-9-13-23)29(30-24(33-20)17-32(2,3)18-25(30)34)22-14-15-26(27(16-22)36-4)37-19-21-10-6-5-7-11-21/h5-7,10-11,14-16,23,29,33H,8-9,12-13,17-19H2,1-4H3/t29-/m1/s1. The molecule has 0 saturated heterocycles. The van der Waals surface area contributed by atoms with Gasteiger partial charge in [0.25, 0.3) is 0 Å². The van der Waals surface area contributed by atoms with Gasteiger partial charge in [-0.05, 0) is 67.7 Å². The van der Waals surface area contributed by atoms with Crippen LogP contribution in [0.5, 0.6) is 11.5 Å². The highest BCUT2D eigenvalue weighted by Crippen LogP contribution is 2.48. The summed E-state index contributed by atoms with van der Waals surface area (Å²) in [5.41, 5.74) is 4.52. The van der Waals surface area contributed by atoms with E-state index >= 15 is 0 Å². The molecule has 1 heterocycles. The van der Waals surface area contributed by atoms with Crippen LogP contribution < -0.4 is 14.8 Å². The largest absolute Gasteiger partial charge is 0.493 e. The maximum Gasteiger partial charge on any atom is 0.337 e. The second-order valence-electron chi connectivity index (χ2n) is 11.4. The van der Waals surface area contributed by atoms with Crippen molar-refractivity contribution in [2.24, 2.45) is 5.41 Å². The quantitative estimate of drug-likeness (QED) is 0.432. The van der Waals surface area contributed by atoms with E-state index in [2.05, 4.69) is 19.2 Å². The van der Waals surface area contributed by atoms with Crippen molar-refractivity contribution < 1.29 is 23.8 Å². The zero-order valence-corrected chi connectivity index (χ0v) is 22.8. The molecular weight excluding hydrogens is 478 g/mol. The van der Waals surface area contributed by atoms with Gasteiger partial charge in [-0.2, -0.15) is 0 Å². The van der Waals surface area contributed by atoms with E-state index in [1.54, 1.807) is 7.11 Å². The van der Waals surface area contributed by atoms with Gasteiger partial charge in [-0.15, -0.1) is 0 Å². The summed E-state index contributed by atoms with van der Waals surface area (Å²) >= 11 is 0. The molecule has 0 bridgehead atoms. The highest BCUT2D eigenvalue weighted by Gasteiger charge is 2.43. The summed E-state index contributed by atoms with van der Waals surface area (Å²) in [7, 11) is 1.60. The van der Waals surface area contributed by atoms with Crippen LogP contribution in [0.25, 0.3) is 0 Å². The third-order valence-corrected chi connectivity index (χ3v) is 7.79. The molecule has 2 aromatic rings. The van der Waals surface area contributed by atoms with E-state index in [1.807, 2.05) is 55.5 Å². The van der Waals surface area contributed by atoms with Crippen LogP contribution in [0.15, 0.2) is 71.1 Å². The van der Waals surface area contributed by atoms with Gasteiger partial charge in [-0.3, -0.25) is 4.79 Å². The van der Waals surface area contributed by atoms with Crippen molar-refractivity contribution in [2.75, 3.05) is 7.11 Å². The Bertz CT molecular complexity index is 1280. The first-order valence-electron chi connectivity index (χ1n) is 13.6. The van der Waals surface area contributed by atoms with Gasteiger partial charge < -0.3 is 19.5 Å². The van der Waals surface area contributed by atoms with E-state index < -0.39 is 5.92 Å². The lowest BCUT2D eigenvalue weighted by Crippen LogP contribution is -2.39. The Hall–Kier alpha value is -3.54. The van der Waals surface area contributed by atoms with Crippen LogP contribution in [0.3, 0.4) is 0 Å². The van der Waals surface area contributed by atoms with Gasteiger partial charge in [-0.25, -0.2) is 4.79 Å². The molecule has 1 N–H and O–H groups in total. The summed E-state index contributed by atoms with van der Waals surface area (Å²) in [4.78, 5) is 27.2. The Morgan fingerprint density at radius 3 is 2.47 bits per heavy atom. The summed E-state index contributed by atoms with van der Waals surface area (Å²) in [5.74, 6) is 0.357. The van der Waals surface area contributed by atoms with Crippen molar-refractivity contribution in [3.05, 3.63) is 82.2 Å². The Labute approximate surface area is 225 Å². The van der Waals surface area contributed by atoms with E-state index in [-0.39, 0.29) is 23.3 Å². The smallest absolute Gasteiger partial charge is 0.337 e. The molecular formula is C32H37NO5. The van der Waals surface area contributed by atoms with Gasteiger partial charge >= 0.3 is 5.97 Å². The maximum absolute atomic E-state index is 13.6. The van der Waals surface area contributed by atoms with Crippen molar-refractivity contribution in [1.29, 1.82) is 0 Å². The number of allylic oxidation sites excluding steroid dienone is 3. The zero-order chi connectivity index (χ0) is 26.9. The average Bonchev–Trinajstić information content (AvgIpc) is 3.39. The van der Waals surface area contributed by atoms with E-state index in [4.69, 9.17) is 14.2 Å². The fourth-order valence-electron chi connectivity index (χ4n) is 5.98. The highest BCUT2D eigenvalue weighted by atomic mass is 16.5. The molecule has 2 aliphatic carbocycles. The summed E-state index contributed by atoms with van der Waals surface area (Å²) < 4.78 is 17.8. The first kappa shape index (κ1) is 26.1. The van der Waals surface area contributed by atoms with Crippen LogP contribution in [-0.4, -0.2) is 25.0 Å². The van der Waals surface area contributed by atoms with Crippen LogP contribution in [0.1, 0.15) is 76.3 Å². The number of nitrogens with one attached hydrogen (secondary N) is 1. The lowest BCUT2D eigenvalue weighted by molar-refractivity contribution is -0.144. The second kappa shape index (κ2) is 10.7. The van der Waals surface area contributed by atoms with Crippen molar-refractivity contribution >= 4 is 11.8 Å². The third kappa shape index (κ3) is 5.35. The van der Waals surface area contributed by atoms with Crippen LogP contribution in [0, 0.1) is 5.41 Å². The molecule has 3 aliphatic rings. The number of dihydropyridines is 1. The number of Topliss-reactive ketones (excluding diaryl/α,β-unsaturated/α-hetero) is 1. The monoisotopic (exact) mass is 515 g/mol. The van der Waals surface area contributed by atoms with E-state index in [0.717, 1.165) is 54.6 Å². The molecule has 0 aromatic heterocycles. The number of hydrogen-bond donors (Lipinski definition) is 1. The third-order valence-electron chi connectivity index (χ3n) is 7.79. The average molecular weight is 516 g/mol. The molecule has 2 aromatic carbocycles. The number of methoxy groups -OCH3 is 1. The minimum absolute atomic E-state index is 0.0655. The molecule has 6 heteroatoms. The summed E-state index contributed by atoms with van der Waals surface area (Å²) in [6.45, 7) is 6.53. The van der Waals surface area contributed by atoms with Gasteiger partial charge in [0.1, 0.15) is 12.7 Å². The first-order chi connectivity index (χ1) is 18.3. The molecule has 1 saturated carbocycles. The zero-order valence-electron chi connectivity index (χ0n) is 22.8. The van der Waals surface area contributed by atoms with Crippen LogP contribution in [0.2, 0.25) is 0 Å². The molecule has 1 atom stereocenters. The van der Waals surface area contributed by atoms with Crippen molar-refractivity contribution in [3.8, 4) is 11.5 Å². The maximum atomic E-state index is 13.6. The molecule has 38 heavy (non-hydrogen) atoms. The second-order valence-corrected chi connectivity index (χ2v) is 11.4. The molecule has 0 radical (unpaired) electrons. The van der Waals surface area contributed by atoms with Gasteiger partial charge in [0, 0.05) is 29.3 Å². The Morgan fingerprint density at radius 1 is 1.03 bits per heavy atom. The predicted molar refractivity (Wildman–Crippen MR) is 146 cm³/mol. The van der Waals surface area contributed by atoms with E-state index in [1.165, 1.54) is 0 Å². The van der Waals surface area contributed by atoms with Gasteiger partial charge in [0.2, 0.25) is 0 Å². The van der Waals surface area contributed by atoms with Gasteiger partial charge in [0.05, 0.1) is 12.7 Å². The minimum Gasteiger partial charge on any atom is -0.493 e. The number of ketones is 1. The molecule has 1 fully saturated rings. The Morgan fingerprint density at radius 2 is 1.76 bits per heavy atom. The molecule has 1 aliphatic heterocycles. The number of hydrogen-bond acceptors (Lipinski definition) is 6. The molecule has 200 valence electrons. The van der Waals surface area contributed by atoms with Gasteiger partial charge in [-0.1, -0.05) is 50.2 Å². The minimum atomic E-state index is -0.527. The summed E-state index contributed by atoms with van der Waals surface area (Å²) in [6.07, 6.45) is 5.02. The van der Waals surface area contributed by atoms with Crippen molar-refractivity contribution in [3.63, 3.8) is 0 Å². The fraction of sp³-hybridized carbons (Fsp3) is 0.438. The predicted octanol–water partition coefficient (Wildman–Crippen LogP) is 6.36. The molecule has 0 amide bonds. The summed E-state index contributed by atoms with van der Waals surface area (Å²) in [5, 5.41) is 3.42. The number of ether oxygens (including phenoxy) is 3. The highest BCUT2D eigenvalue weighted by molar-refractivity contribution is 6.04. The SMILES string of the molecule is COc1cc([C@@H]2C(C(=O)OC3CCCC3)=C(C)NC3=C2C(=O)CC(C)(C)C3)ccc1OCc1ccccc1. The number of esters is 1. The molecule has 0 spiro atoms. The lowest BCUT2D eigenvalue weighted by Gasteiger charge is -2.39. The molecule has 0 unspecified atom stereocenters. The van der Waals surface area contributed by atoms with Crippen LogP contribution in [0.4, 0.5) is 0 Å². The number of rotatable bonds is 7. The van der Waals surface area contributed by atoms with Crippen molar-refractivity contribution in [1.82, 2.24) is 5.32 Å². The van der Waals surface area contributed by atoms with Gasteiger partial charge in [0.15, 0.2) is 17.3 Å². The summed E-state index contributed by atoms with van der Waals surface area (Å²) in [6, 6.07) is 15.6. The van der Waals surface area contributed by atoms with E-state index in [0.29, 0.717) is 35.7 Å². The molecule has 5 rings (SSSR count). The van der Waals surface area contributed by atoms with Crippen LogP contribution in [-0.2, 0) is 20.9 Å². The topological polar surface area (TPSA) is 73.9 Å². The fourth-order valence-corrected chi connectivity index (χ4v) is 5.98. The Balaban J connectivity index is 1.52. The molecule has 6 nitrogen and oxygen atoms in total. The normalized spacial score (nSPS) is 21.2. The number of carbonyl (C=O) groups is 2. The lowest BCUT2D eigenvalue weighted by atomic mass is 9.68.